The van der Waals surface area contributed by atoms with Gasteiger partial charge in [-0.05, 0) is 31.9 Å². The average molecular weight is 239 g/mol. The number of primary amides is 1. The third-order valence-corrected chi connectivity index (χ3v) is 3.49. The molecular formula is C12H15ClN2O. The van der Waals surface area contributed by atoms with Gasteiger partial charge in [-0.25, -0.2) is 0 Å². The molecule has 3 N–H and O–H groups in total. The zero-order valence-electron chi connectivity index (χ0n) is 9.00. The van der Waals surface area contributed by atoms with Crippen molar-refractivity contribution in [1.29, 1.82) is 0 Å². The fraction of sp³-hybridized carbons (Fsp3) is 0.417. The van der Waals surface area contributed by atoms with Gasteiger partial charge in [-0.15, -0.1) is 0 Å². The van der Waals surface area contributed by atoms with E-state index in [1.54, 1.807) is 6.07 Å². The lowest BCUT2D eigenvalue weighted by atomic mass is 9.81. The first-order valence-corrected chi connectivity index (χ1v) is 5.84. The van der Waals surface area contributed by atoms with E-state index in [-0.39, 0.29) is 5.91 Å². The van der Waals surface area contributed by atoms with Crippen molar-refractivity contribution in [3.05, 3.63) is 34.9 Å². The number of amides is 1. The fourth-order valence-corrected chi connectivity index (χ4v) is 2.58. The summed E-state index contributed by atoms with van der Waals surface area (Å²) >= 11 is 6.14. The van der Waals surface area contributed by atoms with Crippen molar-refractivity contribution in [2.75, 3.05) is 6.54 Å². The summed E-state index contributed by atoms with van der Waals surface area (Å²) in [7, 11) is 0. The third kappa shape index (κ3) is 1.81. The molecule has 0 aromatic heterocycles. The average Bonchev–Trinajstić information content (AvgIpc) is 2.30. The van der Waals surface area contributed by atoms with Gasteiger partial charge in [0.15, 0.2) is 0 Å². The molecule has 1 aromatic rings. The molecule has 0 saturated carbocycles. The van der Waals surface area contributed by atoms with Gasteiger partial charge in [0.05, 0.1) is 0 Å². The number of carbonyl (C=O) groups is 1. The van der Waals surface area contributed by atoms with Crippen molar-refractivity contribution in [2.24, 2.45) is 5.73 Å². The van der Waals surface area contributed by atoms with Crippen LogP contribution < -0.4 is 11.1 Å². The molecule has 0 radical (unpaired) electrons. The summed E-state index contributed by atoms with van der Waals surface area (Å²) < 4.78 is 0. The van der Waals surface area contributed by atoms with E-state index in [4.69, 9.17) is 17.3 Å². The Balaban J connectivity index is 2.47. The summed E-state index contributed by atoms with van der Waals surface area (Å²) in [6.45, 7) is 0.800. The maximum Gasteiger partial charge on any atom is 0.242 e. The van der Waals surface area contributed by atoms with Crippen LogP contribution in [0.1, 0.15) is 24.8 Å². The molecule has 1 atom stereocenters. The number of piperidine rings is 1. The van der Waals surface area contributed by atoms with Gasteiger partial charge in [-0.1, -0.05) is 29.8 Å². The van der Waals surface area contributed by atoms with Gasteiger partial charge in [0.1, 0.15) is 5.54 Å². The summed E-state index contributed by atoms with van der Waals surface area (Å²) in [5.74, 6) is -0.347. The number of nitrogens with two attached hydrogens (primary N) is 1. The second-order valence-electron chi connectivity index (χ2n) is 4.13. The second-order valence-corrected chi connectivity index (χ2v) is 4.54. The molecule has 1 aliphatic heterocycles. The minimum absolute atomic E-state index is 0.347. The van der Waals surface area contributed by atoms with E-state index in [2.05, 4.69) is 5.32 Å². The molecule has 2 rings (SSSR count). The number of nitrogens with one attached hydrogen (secondary N) is 1. The second kappa shape index (κ2) is 4.44. The predicted octanol–water partition coefficient (Wildman–Crippen LogP) is 1.79. The first-order valence-electron chi connectivity index (χ1n) is 5.47. The first kappa shape index (κ1) is 11.4. The standard InChI is InChI=1S/C12H15ClN2O/c13-10-6-2-1-5-9(10)12(11(14)16)7-3-4-8-15-12/h1-2,5-6,15H,3-4,7-8H2,(H2,14,16). The molecule has 0 spiro atoms. The fourth-order valence-electron chi connectivity index (χ4n) is 2.29. The molecule has 0 aliphatic carbocycles. The third-order valence-electron chi connectivity index (χ3n) is 3.16. The van der Waals surface area contributed by atoms with Crippen molar-refractivity contribution in [3.8, 4) is 0 Å². The SMILES string of the molecule is NC(=O)C1(c2ccccc2Cl)CCCCN1. The summed E-state index contributed by atoms with van der Waals surface area (Å²) in [5, 5.41) is 3.82. The van der Waals surface area contributed by atoms with Crippen LogP contribution in [0.25, 0.3) is 0 Å². The van der Waals surface area contributed by atoms with Crippen LogP contribution in [0.2, 0.25) is 5.02 Å². The Hall–Kier alpha value is -1.06. The molecule has 1 amide bonds. The van der Waals surface area contributed by atoms with E-state index >= 15 is 0 Å². The molecule has 1 unspecified atom stereocenters. The Kier molecular flexibility index (Phi) is 3.17. The zero-order valence-corrected chi connectivity index (χ0v) is 9.76. The maximum atomic E-state index is 11.7. The van der Waals surface area contributed by atoms with E-state index in [1.807, 2.05) is 18.2 Å². The number of hydrogen-bond donors (Lipinski definition) is 2. The highest BCUT2D eigenvalue weighted by molar-refractivity contribution is 6.31. The van der Waals surface area contributed by atoms with Gasteiger partial charge in [0.25, 0.3) is 0 Å². The molecule has 4 heteroatoms. The van der Waals surface area contributed by atoms with E-state index < -0.39 is 5.54 Å². The predicted molar refractivity (Wildman–Crippen MR) is 64.2 cm³/mol. The Morgan fingerprint density at radius 1 is 1.38 bits per heavy atom. The van der Waals surface area contributed by atoms with Crippen LogP contribution in [0.5, 0.6) is 0 Å². The van der Waals surface area contributed by atoms with Crippen molar-refractivity contribution in [3.63, 3.8) is 0 Å². The molecule has 1 fully saturated rings. The monoisotopic (exact) mass is 238 g/mol. The lowest BCUT2D eigenvalue weighted by Crippen LogP contribution is -2.55. The minimum Gasteiger partial charge on any atom is -0.368 e. The molecular weight excluding hydrogens is 224 g/mol. The highest BCUT2D eigenvalue weighted by Crippen LogP contribution is 2.34. The molecule has 16 heavy (non-hydrogen) atoms. The zero-order chi connectivity index (χ0) is 11.6. The lowest BCUT2D eigenvalue weighted by Gasteiger charge is -2.36. The maximum absolute atomic E-state index is 11.7. The number of benzene rings is 1. The van der Waals surface area contributed by atoms with E-state index in [0.29, 0.717) is 11.4 Å². The molecule has 1 aliphatic rings. The van der Waals surface area contributed by atoms with Crippen molar-refractivity contribution >= 4 is 17.5 Å². The van der Waals surface area contributed by atoms with Gasteiger partial charge >= 0.3 is 0 Å². The van der Waals surface area contributed by atoms with Crippen LogP contribution in [0.15, 0.2) is 24.3 Å². The summed E-state index contributed by atoms with van der Waals surface area (Å²) in [4.78, 5) is 11.7. The molecule has 3 nitrogen and oxygen atoms in total. The topological polar surface area (TPSA) is 55.1 Å². The normalized spacial score (nSPS) is 25.3. The van der Waals surface area contributed by atoms with Crippen LogP contribution in [-0.4, -0.2) is 12.5 Å². The number of hydrogen-bond acceptors (Lipinski definition) is 2. The Morgan fingerprint density at radius 2 is 2.12 bits per heavy atom. The highest BCUT2D eigenvalue weighted by atomic mass is 35.5. The smallest absolute Gasteiger partial charge is 0.242 e. The van der Waals surface area contributed by atoms with Gasteiger partial charge in [0.2, 0.25) is 5.91 Å². The van der Waals surface area contributed by atoms with Gasteiger partial charge in [-0.3, -0.25) is 10.1 Å². The Bertz CT molecular complexity index is 400. The van der Waals surface area contributed by atoms with E-state index in [0.717, 1.165) is 24.9 Å². The van der Waals surface area contributed by atoms with Gasteiger partial charge in [-0.2, -0.15) is 0 Å². The Morgan fingerprint density at radius 3 is 2.69 bits per heavy atom. The quantitative estimate of drug-likeness (QED) is 0.826. The van der Waals surface area contributed by atoms with Crippen LogP contribution >= 0.6 is 11.6 Å². The number of halogens is 1. The van der Waals surface area contributed by atoms with E-state index in [9.17, 15) is 4.79 Å². The van der Waals surface area contributed by atoms with Crippen LogP contribution in [-0.2, 0) is 10.3 Å². The summed E-state index contributed by atoms with van der Waals surface area (Å²) in [6.07, 6.45) is 2.77. The highest BCUT2D eigenvalue weighted by Gasteiger charge is 2.40. The van der Waals surface area contributed by atoms with Crippen LogP contribution in [0, 0.1) is 0 Å². The summed E-state index contributed by atoms with van der Waals surface area (Å²) in [5.41, 5.74) is 5.56. The Labute approximate surface area is 100.0 Å². The molecule has 1 saturated heterocycles. The first-order chi connectivity index (χ1) is 7.67. The molecule has 86 valence electrons. The van der Waals surface area contributed by atoms with Crippen molar-refractivity contribution in [1.82, 2.24) is 5.32 Å². The van der Waals surface area contributed by atoms with Crippen LogP contribution in [0.4, 0.5) is 0 Å². The molecule has 1 heterocycles. The molecule has 1 aromatic carbocycles. The van der Waals surface area contributed by atoms with Gasteiger partial charge < -0.3 is 5.73 Å². The van der Waals surface area contributed by atoms with Crippen molar-refractivity contribution < 1.29 is 4.79 Å². The van der Waals surface area contributed by atoms with E-state index in [1.165, 1.54) is 0 Å². The lowest BCUT2D eigenvalue weighted by molar-refractivity contribution is -0.125. The molecule has 0 bridgehead atoms. The number of carbonyl (C=O) groups excluding carboxylic acids is 1. The number of rotatable bonds is 2. The minimum atomic E-state index is -0.781. The van der Waals surface area contributed by atoms with Gasteiger partial charge in [0, 0.05) is 10.6 Å². The van der Waals surface area contributed by atoms with Crippen molar-refractivity contribution in [2.45, 2.75) is 24.8 Å². The van der Waals surface area contributed by atoms with Crippen LogP contribution in [0.3, 0.4) is 0 Å². The summed E-state index contributed by atoms with van der Waals surface area (Å²) in [6, 6.07) is 7.38. The largest absolute Gasteiger partial charge is 0.368 e.